The normalized spacial score (nSPS) is 10.9. The van der Waals surface area contributed by atoms with Gasteiger partial charge in [-0.25, -0.2) is 0 Å². The first-order valence-corrected chi connectivity index (χ1v) is 11.6. The lowest BCUT2D eigenvalue weighted by Gasteiger charge is -2.14. The number of nitro groups is 1. The SMILES string of the molecule is COc1cc(/C=C(/C#N)C(=O)Nc2cccc(Cl)c2C)cc(I)c1OCc1cccc([N+](=O)[O-])c1. The number of anilines is 1. The van der Waals surface area contributed by atoms with E-state index >= 15 is 0 Å². The van der Waals surface area contributed by atoms with E-state index in [1.54, 1.807) is 49.4 Å². The van der Waals surface area contributed by atoms with Crippen LogP contribution in [0.2, 0.25) is 5.02 Å². The highest BCUT2D eigenvalue weighted by molar-refractivity contribution is 14.1. The first-order valence-electron chi connectivity index (χ1n) is 10.2. The van der Waals surface area contributed by atoms with Crippen molar-refractivity contribution in [2.24, 2.45) is 0 Å². The molecule has 0 unspecified atom stereocenters. The van der Waals surface area contributed by atoms with Crippen LogP contribution in [0.4, 0.5) is 11.4 Å². The molecule has 0 aliphatic carbocycles. The topological polar surface area (TPSA) is 114 Å². The van der Waals surface area contributed by atoms with Gasteiger partial charge in [-0.3, -0.25) is 14.9 Å². The highest BCUT2D eigenvalue weighted by atomic mass is 127. The molecule has 0 fully saturated rings. The number of hydrogen-bond donors (Lipinski definition) is 1. The van der Waals surface area contributed by atoms with Crippen LogP contribution in [0.25, 0.3) is 6.08 Å². The molecular weight excluding hydrogens is 585 g/mol. The first-order chi connectivity index (χ1) is 16.7. The van der Waals surface area contributed by atoms with Crippen LogP contribution in [-0.4, -0.2) is 17.9 Å². The van der Waals surface area contributed by atoms with Gasteiger partial charge in [0.15, 0.2) is 11.5 Å². The van der Waals surface area contributed by atoms with Crippen molar-refractivity contribution in [2.75, 3.05) is 12.4 Å². The van der Waals surface area contributed by atoms with E-state index in [9.17, 15) is 20.2 Å². The number of nitrogens with zero attached hydrogens (tertiary/aromatic N) is 2. The van der Waals surface area contributed by atoms with Crippen molar-refractivity contribution in [3.8, 4) is 17.6 Å². The predicted molar refractivity (Wildman–Crippen MR) is 142 cm³/mol. The molecular formula is C25H19ClIN3O5. The Labute approximate surface area is 220 Å². The molecule has 35 heavy (non-hydrogen) atoms. The number of rotatable bonds is 8. The third kappa shape index (κ3) is 6.49. The maximum atomic E-state index is 12.7. The summed E-state index contributed by atoms with van der Waals surface area (Å²) in [5, 5.41) is 23.8. The number of non-ortho nitro benzene ring substituents is 1. The van der Waals surface area contributed by atoms with Crippen LogP contribution in [0.3, 0.4) is 0 Å². The summed E-state index contributed by atoms with van der Waals surface area (Å²) in [5.74, 6) is 0.254. The second-order valence-electron chi connectivity index (χ2n) is 7.29. The summed E-state index contributed by atoms with van der Waals surface area (Å²) in [7, 11) is 1.47. The first kappa shape index (κ1) is 26.0. The number of carbonyl (C=O) groups excluding carboxylic acids is 1. The zero-order valence-corrected chi connectivity index (χ0v) is 21.6. The Morgan fingerprint density at radius 1 is 1.26 bits per heavy atom. The summed E-state index contributed by atoms with van der Waals surface area (Å²) < 4.78 is 12.0. The van der Waals surface area contributed by atoms with Gasteiger partial charge in [0.1, 0.15) is 18.2 Å². The van der Waals surface area contributed by atoms with Gasteiger partial charge in [0, 0.05) is 22.8 Å². The third-order valence-electron chi connectivity index (χ3n) is 4.95. The molecule has 8 nitrogen and oxygen atoms in total. The molecule has 3 aromatic carbocycles. The molecule has 3 rings (SSSR count). The number of carbonyl (C=O) groups is 1. The maximum absolute atomic E-state index is 12.7. The number of halogens is 2. The smallest absolute Gasteiger partial charge is 0.269 e. The Balaban J connectivity index is 1.83. The van der Waals surface area contributed by atoms with Crippen LogP contribution in [0.15, 0.2) is 60.2 Å². The standard InChI is InChI=1S/C25H19ClIN3O5/c1-15-20(26)7-4-8-22(15)29-25(31)18(13-28)9-17-11-21(27)24(23(12-17)34-2)35-14-16-5-3-6-19(10-16)30(32)33/h3-12H,14H2,1-2H3,(H,29,31)/b18-9-. The molecule has 0 aliphatic heterocycles. The summed E-state index contributed by atoms with van der Waals surface area (Å²) in [4.78, 5) is 23.2. The molecule has 1 amide bonds. The summed E-state index contributed by atoms with van der Waals surface area (Å²) in [6.45, 7) is 1.86. The quantitative estimate of drug-likeness (QED) is 0.106. The fourth-order valence-electron chi connectivity index (χ4n) is 3.13. The van der Waals surface area contributed by atoms with Gasteiger partial charge in [0.25, 0.3) is 11.6 Å². The van der Waals surface area contributed by atoms with Gasteiger partial charge in [-0.2, -0.15) is 5.26 Å². The Morgan fingerprint density at radius 3 is 2.69 bits per heavy atom. The Hall–Kier alpha value is -3.62. The zero-order valence-electron chi connectivity index (χ0n) is 18.7. The van der Waals surface area contributed by atoms with Gasteiger partial charge in [-0.15, -0.1) is 0 Å². The minimum absolute atomic E-state index is 0.0245. The summed E-state index contributed by atoms with van der Waals surface area (Å²) in [6, 6.07) is 16.6. The van der Waals surface area contributed by atoms with Crippen molar-refractivity contribution < 1.29 is 19.2 Å². The number of benzene rings is 3. The Bertz CT molecular complexity index is 1370. The molecule has 0 heterocycles. The summed E-state index contributed by atoms with van der Waals surface area (Å²) >= 11 is 8.16. The average molecular weight is 604 g/mol. The fourth-order valence-corrected chi connectivity index (χ4v) is 4.08. The molecule has 178 valence electrons. The predicted octanol–water partition coefficient (Wildman–Crippen LogP) is 6.29. The summed E-state index contributed by atoms with van der Waals surface area (Å²) in [6.07, 6.45) is 1.45. The molecule has 0 aromatic heterocycles. The molecule has 0 bridgehead atoms. The van der Waals surface area contributed by atoms with Crippen LogP contribution in [-0.2, 0) is 11.4 Å². The lowest BCUT2D eigenvalue weighted by atomic mass is 10.1. The number of hydrogen-bond acceptors (Lipinski definition) is 6. The number of amides is 1. The molecule has 0 radical (unpaired) electrons. The van der Waals surface area contributed by atoms with Crippen molar-refractivity contribution in [3.05, 3.63) is 95.6 Å². The Morgan fingerprint density at radius 2 is 2.00 bits per heavy atom. The lowest BCUT2D eigenvalue weighted by Crippen LogP contribution is -2.14. The minimum atomic E-state index is -0.571. The van der Waals surface area contributed by atoms with E-state index in [0.29, 0.717) is 42.5 Å². The molecule has 0 aliphatic rings. The van der Waals surface area contributed by atoms with Crippen molar-refractivity contribution in [1.82, 2.24) is 0 Å². The molecule has 0 atom stereocenters. The van der Waals surface area contributed by atoms with E-state index in [1.165, 1.54) is 25.3 Å². The zero-order chi connectivity index (χ0) is 25.5. The Kier molecular flexibility index (Phi) is 8.68. The molecule has 10 heteroatoms. The summed E-state index contributed by atoms with van der Waals surface area (Å²) in [5.41, 5.74) is 2.27. The van der Waals surface area contributed by atoms with Crippen LogP contribution < -0.4 is 14.8 Å². The van der Waals surface area contributed by atoms with Gasteiger partial charge in [0.2, 0.25) is 0 Å². The molecule has 3 aromatic rings. The van der Waals surface area contributed by atoms with Gasteiger partial charge < -0.3 is 14.8 Å². The van der Waals surface area contributed by atoms with Crippen molar-refractivity contribution in [2.45, 2.75) is 13.5 Å². The largest absolute Gasteiger partial charge is 0.493 e. The van der Waals surface area contributed by atoms with E-state index < -0.39 is 10.8 Å². The van der Waals surface area contributed by atoms with Crippen LogP contribution in [0.5, 0.6) is 11.5 Å². The third-order valence-corrected chi connectivity index (χ3v) is 6.16. The second-order valence-corrected chi connectivity index (χ2v) is 8.86. The number of methoxy groups -OCH3 is 1. The molecule has 0 saturated carbocycles. The highest BCUT2D eigenvalue weighted by Crippen LogP contribution is 2.35. The van der Waals surface area contributed by atoms with Crippen molar-refractivity contribution in [3.63, 3.8) is 0 Å². The fraction of sp³-hybridized carbons (Fsp3) is 0.120. The molecule has 0 spiro atoms. The molecule has 1 N–H and O–H groups in total. The van der Waals surface area contributed by atoms with Gasteiger partial charge in [-0.05, 0) is 76.5 Å². The van der Waals surface area contributed by atoms with E-state index in [-0.39, 0.29) is 17.9 Å². The average Bonchev–Trinajstić information content (AvgIpc) is 2.84. The van der Waals surface area contributed by atoms with Gasteiger partial charge in [-0.1, -0.05) is 29.8 Å². The van der Waals surface area contributed by atoms with Crippen LogP contribution >= 0.6 is 34.2 Å². The highest BCUT2D eigenvalue weighted by Gasteiger charge is 2.16. The van der Waals surface area contributed by atoms with Crippen LogP contribution in [0.1, 0.15) is 16.7 Å². The van der Waals surface area contributed by atoms with Crippen LogP contribution in [0, 0.1) is 31.9 Å². The van der Waals surface area contributed by atoms with E-state index in [0.717, 1.165) is 0 Å². The number of ether oxygens (including phenoxy) is 2. The minimum Gasteiger partial charge on any atom is -0.493 e. The van der Waals surface area contributed by atoms with Gasteiger partial charge in [0.05, 0.1) is 15.6 Å². The number of nitriles is 1. The van der Waals surface area contributed by atoms with E-state index in [4.69, 9.17) is 21.1 Å². The van der Waals surface area contributed by atoms with Crippen molar-refractivity contribution >= 4 is 57.5 Å². The number of nitro benzene ring substituents is 1. The van der Waals surface area contributed by atoms with E-state index in [2.05, 4.69) is 27.9 Å². The van der Waals surface area contributed by atoms with Crippen molar-refractivity contribution in [1.29, 1.82) is 5.26 Å². The maximum Gasteiger partial charge on any atom is 0.269 e. The monoisotopic (exact) mass is 603 g/mol. The lowest BCUT2D eigenvalue weighted by molar-refractivity contribution is -0.384. The number of nitrogens with one attached hydrogen (secondary N) is 1. The second kappa shape index (κ2) is 11.7. The van der Waals surface area contributed by atoms with Gasteiger partial charge >= 0.3 is 0 Å². The molecule has 0 saturated heterocycles. The van der Waals surface area contributed by atoms with E-state index in [1.807, 2.05) is 6.07 Å².